The number of phenolic OH excluding ortho intramolecular Hbond substituents is 1. The van der Waals surface area contributed by atoms with Crippen molar-refractivity contribution in [3.8, 4) is 5.75 Å². The zero-order valence-corrected chi connectivity index (χ0v) is 24.6. The van der Waals surface area contributed by atoms with E-state index in [1.165, 1.54) is 0 Å². The van der Waals surface area contributed by atoms with Gasteiger partial charge in [0.1, 0.15) is 23.8 Å². The number of hydrogen-bond donors (Lipinski definition) is 1. The number of fused-ring (bicyclic) bond motifs is 1. The second-order valence-corrected chi connectivity index (χ2v) is 11.3. The number of benzene rings is 2. The van der Waals surface area contributed by atoms with Gasteiger partial charge in [-0.3, -0.25) is 19.4 Å². The zero-order valence-electron chi connectivity index (χ0n) is 24.6. The van der Waals surface area contributed by atoms with Crippen LogP contribution in [0.3, 0.4) is 0 Å². The van der Waals surface area contributed by atoms with Crippen LogP contribution in [0.15, 0.2) is 72.9 Å². The summed E-state index contributed by atoms with van der Waals surface area (Å²) in [5, 5.41) is 13.2. The standard InChI is InChI=1S/C32H38N6O4/c1-22(24-9-6-5-7-10-24)17-29(40)38-28-20-36(19-25-11-8-16-33-31(25)34(2)3)32(42)27(37(28)30(41)21-35(38)4)18-23-12-14-26(39)15-13-23/h5-16,22,27-28,39H,17-21H2,1-4H3/t22-,27+,28?/m1/s1. The van der Waals surface area contributed by atoms with E-state index in [2.05, 4.69) is 4.98 Å². The second-order valence-electron chi connectivity index (χ2n) is 11.3. The lowest BCUT2D eigenvalue weighted by molar-refractivity contribution is -0.203. The van der Waals surface area contributed by atoms with Gasteiger partial charge in [0.15, 0.2) is 0 Å². The SMILES string of the molecule is C[C@H](CC(=O)N1C2CN(Cc3cccnc3N(C)C)C(=O)[C@H](Cc3ccc(O)cc3)N2C(=O)CN1C)c1ccccc1. The maximum absolute atomic E-state index is 14.1. The van der Waals surface area contributed by atoms with Crippen molar-refractivity contribution in [2.45, 2.75) is 44.4 Å². The highest BCUT2D eigenvalue weighted by Crippen LogP contribution is 2.31. The molecule has 220 valence electrons. The van der Waals surface area contributed by atoms with Crippen molar-refractivity contribution in [2.75, 3.05) is 39.1 Å². The van der Waals surface area contributed by atoms with Crippen LogP contribution in [0.4, 0.5) is 5.82 Å². The van der Waals surface area contributed by atoms with Gasteiger partial charge in [0.05, 0.1) is 13.1 Å². The Hall–Kier alpha value is -4.44. The summed E-state index contributed by atoms with van der Waals surface area (Å²) < 4.78 is 0. The van der Waals surface area contributed by atoms with Crippen LogP contribution in [0.5, 0.6) is 5.75 Å². The van der Waals surface area contributed by atoms with Crippen LogP contribution in [0.1, 0.15) is 36.0 Å². The molecule has 1 N–H and O–H groups in total. The van der Waals surface area contributed by atoms with E-state index < -0.39 is 12.2 Å². The second kappa shape index (κ2) is 12.2. The fourth-order valence-electron chi connectivity index (χ4n) is 5.99. The van der Waals surface area contributed by atoms with E-state index in [1.807, 2.05) is 68.4 Å². The molecule has 10 heteroatoms. The lowest BCUT2D eigenvalue weighted by atomic mass is 9.96. The van der Waals surface area contributed by atoms with Crippen molar-refractivity contribution >= 4 is 23.5 Å². The number of nitrogens with zero attached hydrogens (tertiary/aromatic N) is 6. The molecule has 3 atom stereocenters. The van der Waals surface area contributed by atoms with Crippen LogP contribution in [0.25, 0.3) is 0 Å². The summed E-state index contributed by atoms with van der Waals surface area (Å²) in [6, 6.07) is 19.5. The van der Waals surface area contributed by atoms with Gasteiger partial charge < -0.3 is 19.8 Å². The van der Waals surface area contributed by atoms with Crippen molar-refractivity contribution in [3.05, 3.63) is 89.6 Å². The Balaban J connectivity index is 1.49. The van der Waals surface area contributed by atoms with Crippen molar-refractivity contribution in [3.63, 3.8) is 0 Å². The van der Waals surface area contributed by atoms with Crippen LogP contribution < -0.4 is 4.90 Å². The van der Waals surface area contributed by atoms with E-state index >= 15 is 0 Å². The molecule has 1 aromatic heterocycles. The summed E-state index contributed by atoms with van der Waals surface area (Å²) in [6.45, 7) is 2.48. The third kappa shape index (κ3) is 5.94. The number of carbonyl (C=O) groups is 3. The van der Waals surface area contributed by atoms with E-state index in [0.29, 0.717) is 0 Å². The average Bonchev–Trinajstić information content (AvgIpc) is 2.96. The quantitative estimate of drug-likeness (QED) is 0.445. The number of aromatic nitrogens is 1. The van der Waals surface area contributed by atoms with Gasteiger partial charge in [0.25, 0.3) is 0 Å². The highest BCUT2D eigenvalue weighted by atomic mass is 16.3. The van der Waals surface area contributed by atoms with Crippen LogP contribution in [0.2, 0.25) is 0 Å². The molecule has 0 radical (unpaired) electrons. The highest BCUT2D eigenvalue weighted by Gasteiger charge is 2.50. The van der Waals surface area contributed by atoms with Crippen molar-refractivity contribution in [1.29, 1.82) is 0 Å². The first-order valence-electron chi connectivity index (χ1n) is 14.2. The van der Waals surface area contributed by atoms with E-state index in [-0.39, 0.29) is 61.9 Å². The Morgan fingerprint density at radius 3 is 2.45 bits per heavy atom. The zero-order chi connectivity index (χ0) is 30.0. The van der Waals surface area contributed by atoms with Gasteiger partial charge >= 0.3 is 0 Å². The van der Waals surface area contributed by atoms with Gasteiger partial charge in [-0.25, -0.2) is 9.99 Å². The number of amides is 3. The Labute approximate surface area is 246 Å². The summed E-state index contributed by atoms with van der Waals surface area (Å²) in [5.41, 5.74) is 2.75. The van der Waals surface area contributed by atoms with Gasteiger partial charge in [-0.2, -0.15) is 0 Å². The number of piperazine rings is 1. The predicted molar refractivity (Wildman–Crippen MR) is 159 cm³/mol. The molecule has 0 aliphatic carbocycles. The number of carbonyl (C=O) groups excluding carboxylic acids is 3. The van der Waals surface area contributed by atoms with Gasteiger partial charge in [0, 0.05) is 52.3 Å². The average molecular weight is 571 g/mol. The Kier molecular flexibility index (Phi) is 8.44. The van der Waals surface area contributed by atoms with Crippen LogP contribution >= 0.6 is 0 Å². The summed E-state index contributed by atoms with van der Waals surface area (Å²) in [6.07, 6.45) is 1.58. The fourth-order valence-corrected chi connectivity index (χ4v) is 5.99. The first-order valence-corrected chi connectivity index (χ1v) is 14.2. The van der Waals surface area contributed by atoms with Crippen LogP contribution in [-0.2, 0) is 27.3 Å². The molecule has 2 aliphatic heterocycles. The molecular weight excluding hydrogens is 532 g/mol. The minimum Gasteiger partial charge on any atom is -0.508 e. The molecule has 2 aromatic carbocycles. The first-order chi connectivity index (χ1) is 20.1. The molecule has 5 rings (SSSR count). The summed E-state index contributed by atoms with van der Waals surface area (Å²) >= 11 is 0. The molecule has 3 amide bonds. The monoisotopic (exact) mass is 570 g/mol. The molecule has 0 bridgehead atoms. The molecule has 0 saturated carbocycles. The van der Waals surface area contributed by atoms with E-state index in [1.54, 1.807) is 57.3 Å². The maximum Gasteiger partial charge on any atom is 0.246 e. The minimum absolute atomic E-state index is 0.00526. The number of hydrogen-bond acceptors (Lipinski definition) is 7. The number of aromatic hydroxyl groups is 1. The van der Waals surface area contributed by atoms with Gasteiger partial charge in [-0.1, -0.05) is 55.5 Å². The van der Waals surface area contributed by atoms with Crippen molar-refractivity contribution in [1.82, 2.24) is 24.8 Å². The number of hydrazine groups is 1. The minimum atomic E-state index is -0.809. The first kappa shape index (κ1) is 29.1. The van der Waals surface area contributed by atoms with E-state index in [0.717, 1.165) is 22.5 Å². The topological polar surface area (TPSA) is 101 Å². The summed E-state index contributed by atoms with van der Waals surface area (Å²) in [5.74, 6) is 0.366. The lowest BCUT2D eigenvalue weighted by Gasteiger charge is -2.55. The Morgan fingerprint density at radius 2 is 1.76 bits per heavy atom. The fraction of sp³-hybridized carbons (Fsp3) is 0.375. The highest BCUT2D eigenvalue weighted by molar-refractivity contribution is 5.92. The smallest absolute Gasteiger partial charge is 0.246 e. The lowest BCUT2D eigenvalue weighted by Crippen LogP contribution is -2.75. The predicted octanol–water partition coefficient (Wildman–Crippen LogP) is 2.84. The third-order valence-electron chi connectivity index (χ3n) is 8.06. The molecule has 1 unspecified atom stereocenters. The van der Waals surface area contributed by atoms with Crippen molar-refractivity contribution in [2.24, 2.45) is 0 Å². The number of phenols is 1. The number of rotatable bonds is 8. The molecule has 2 aliphatic rings. The molecule has 3 aromatic rings. The number of pyridine rings is 1. The number of anilines is 1. The van der Waals surface area contributed by atoms with Gasteiger partial charge in [-0.05, 0) is 35.2 Å². The van der Waals surface area contributed by atoms with E-state index in [9.17, 15) is 19.5 Å². The summed E-state index contributed by atoms with van der Waals surface area (Å²) in [4.78, 5) is 51.4. The third-order valence-corrected chi connectivity index (χ3v) is 8.06. The van der Waals surface area contributed by atoms with Crippen molar-refractivity contribution < 1.29 is 19.5 Å². The number of likely N-dealkylation sites (N-methyl/N-ethyl adjacent to an activating group) is 1. The van der Waals surface area contributed by atoms with Crippen LogP contribution in [0, 0.1) is 0 Å². The molecule has 10 nitrogen and oxygen atoms in total. The Morgan fingerprint density at radius 1 is 1.05 bits per heavy atom. The van der Waals surface area contributed by atoms with Gasteiger partial charge in [0.2, 0.25) is 17.7 Å². The largest absolute Gasteiger partial charge is 0.508 e. The Bertz CT molecular complexity index is 1430. The molecule has 2 saturated heterocycles. The van der Waals surface area contributed by atoms with Gasteiger partial charge in [-0.15, -0.1) is 0 Å². The maximum atomic E-state index is 14.1. The normalized spacial score (nSPS) is 20.0. The molecule has 3 heterocycles. The molecule has 2 fully saturated rings. The molecular formula is C32H38N6O4. The summed E-state index contributed by atoms with van der Waals surface area (Å²) in [7, 11) is 5.56. The van der Waals surface area contributed by atoms with E-state index in [4.69, 9.17) is 0 Å². The molecule has 0 spiro atoms. The van der Waals surface area contributed by atoms with Crippen LogP contribution in [-0.4, -0.2) is 94.1 Å². The molecule has 42 heavy (non-hydrogen) atoms.